The van der Waals surface area contributed by atoms with E-state index in [9.17, 15) is 9.59 Å². The van der Waals surface area contributed by atoms with Crippen molar-refractivity contribution in [2.75, 3.05) is 0 Å². The molecule has 1 aromatic heterocycles. The second kappa shape index (κ2) is 8.45. The molecule has 1 unspecified atom stereocenters. The quantitative estimate of drug-likeness (QED) is 0.792. The summed E-state index contributed by atoms with van der Waals surface area (Å²) in [4.78, 5) is 34.1. The van der Waals surface area contributed by atoms with Gasteiger partial charge in [-0.05, 0) is 49.4 Å². The van der Waals surface area contributed by atoms with Crippen molar-refractivity contribution in [1.82, 2.24) is 15.2 Å². The Morgan fingerprint density at radius 2 is 1.74 bits per heavy atom. The van der Waals surface area contributed by atoms with Crippen LogP contribution >= 0.6 is 0 Å². The summed E-state index contributed by atoms with van der Waals surface area (Å²) >= 11 is 0. The molecule has 1 N–H and O–H groups in total. The molecule has 1 atom stereocenters. The summed E-state index contributed by atoms with van der Waals surface area (Å²) in [5, 5.41) is 3.16. The molecule has 2 heterocycles. The number of hydrogen-bond acceptors (Lipinski definition) is 3. The maximum absolute atomic E-state index is 13.8. The smallest absolute Gasteiger partial charge is 0.254 e. The molecule has 2 fully saturated rings. The van der Waals surface area contributed by atoms with Crippen molar-refractivity contribution in [3.8, 4) is 0 Å². The molecule has 5 heteroatoms. The molecule has 2 aromatic rings. The highest BCUT2D eigenvalue weighted by atomic mass is 16.2. The van der Waals surface area contributed by atoms with Crippen molar-refractivity contribution in [1.29, 1.82) is 0 Å². The molecular weight excluding hydrogens is 386 g/mol. The number of rotatable bonds is 4. The second-order valence-corrected chi connectivity index (χ2v) is 9.34. The lowest BCUT2D eigenvalue weighted by atomic mass is 9.69. The van der Waals surface area contributed by atoms with Gasteiger partial charge >= 0.3 is 0 Å². The molecular formula is C26H31N3O2. The van der Waals surface area contributed by atoms with Gasteiger partial charge in [0.2, 0.25) is 5.91 Å². The van der Waals surface area contributed by atoms with Gasteiger partial charge in [-0.3, -0.25) is 14.6 Å². The number of aromatic nitrogens is 1. The van der Waals surface area contributed by atoms with Crippen molar-refractivity contribution < 1.29 is 9.59 Å². The average molecular weight is 418 g/mol. The highest BCUT2D eigenvalue weighted by molar-refractivity contribution is 6.02. The predicted octanol–water partition coefficient (Wildman–Crippen LogP) is 4.58. The average Bonchev–Trinajstić information content (AvgIpc) is 3.28. The first-order valence-corrected chi connectivity index (χ1v) is 11.8. The Kier molecular flexibility index (Phi) is 5.51. The molecule has 1 aliphatic heterocycles. The summed E-state index contributed by atoms with van der Waals surface area (Å²) in [5.41, 5.74) is 2.06. The molecule has 1 spiro atoms. The second-order valence-electron chi connectivity index (χ2n) is 9.34. The van der Waals surface area contributed by atoms with Gasteiger partial charge in [0.25, 0.3) is 5.91 Å². The molecule has 3 aliphatic rings. The maximum atomic E-state index is 13.8. The molecule has 2 aliphatic carbocycles. The maximum Gasteiger partial charge on any atom is 0.254 e. The third kappa shape index (κ3) is 3.54. The Morgan fingerprint density at radius 3 is 2.48 bits per heavy atom. The van der Waals surface area contributed by atoms with Crippen LogP contribution in [0.25, 0.3) is 0 Å². The number of amides is 2. The molecule has 1 aromatic carbocycles. The van der Waals surface area contributed by atoms with Crippen LogP contribution in [-0.4, -0.2) is 33.3 Å². The SMILES string of the molecule is O=C(NCc1ccccn1)C1c2ccccc2C(=O)N(C2CCCCC2)C12CCCC2. The Bertz CT molecular complexity index is 946. The van der Waals surface area contributed by atoms with Crippen LogP contribution in [0.2, 0.25) is 0 Å². The minimum atomic E-state index is -0.401. The van der Waals surface area contributed by atoms with Crippen LogP contribution in [0.1, 0.15) is 85.3 Å². The number of carbonyl (C=O) groups is 2. The summed E-state index contributed by atoms with van der Waals surface area (Å²) < 4.78 is 0. The van der Waals surface area contributed by atoms with Gasteiger partial charge in [0.05, 0.1) is 23.7 Å². The Balaban J connectivity index is 1.54. The summed E-state index contributed by atoms with van der Waals surface area (Å²) in [7, 11) is 0. The van der Waals surface area contributed by atoms with Gasteiger partial charge in [-0.1, -0.05) is 56.4 Å². The first-order chi connectivity index (χ1) is 15.2. The van der Waals surface area contributed by atoms with E-state index in [0.29, 0.717) is 12.1 Å². The van der Waals surface area contributed by atoms with E-state index in [0.717, 1.165) is 49.8 Å². The molecule has 162 valence electrons. The molecule has 31 heavy (non-hydrogen) atoms. The fraction of sp³-hybridized carbons (Fsp3) is 0.500. The summed E-state index contributed by atoms with van der Waals surface area (Å²) in [6.07, 6.45) is 11.4. The zero-order chi connectivity index (χ0) is 21.3. The van der Waals surface area contributed by atoms with Crippen LogP contribution in [0, 0.1) is 0 Å². The highest BCUT2D eigenvalue weighted by Crippen LogP contribution is 2.52. The lowest BCUT2D eigenvalue weighted by Crippen LogP contribution is -2.63. The van der Waals surface area contributed by atoms with Gasteiger partial charge in [0.1, 0.15) is 0 Å². The topological polar surface area (TPSA) is 62.3 Å². The number of nitrogens with one attached hydrogen (secondary N) is 1. The fourth-order valence-corrected chi connectivity index (χ4v) is 6.26. The molecule has 5 rings (SSSR count). The monoisotopic (exact) mass is 417 g/mol. The zero-order valence-electron chi connectivity index (χ0n) is 18.1. The van der Waals surface area contributed by atoms with Crippen molar-refractivity contribution in [3.05, 3.63) is 65.5 Å². The van der Waals surface area contributed by atoms with E-state index in [1.807, 2.05) is 42.5 Å². The first-order valence-electron chi connectivity index (χ1n) is 11.8. The van der Waals surface area contributed by atoms with Crippen LogP contribution in [0.3, 0.4) is 0 Å². The standard InChI is InChI=1S/C26H31N3O2/c30-24(28-18-19-10-6-9-17-27-19)23-21-13-4-5-14-22(21)25(31)29(20-11-2-1-3-12-20)26(23)15-7-8-16-26/h4-6,9-10,13-14,17,20,23H,1-3,7-8,11-12,15-16,18H2,(H,28,30). The number of nitrogens with zero attached hydrogens (tertiary/aromatic N) is 2. The van der Waals surface area contributed by atoms with E-state index in [-0.39, 0.29) is 23.8 Å². The van der Waals surface area contributed by atoms with Gasteiger partial charge in [-0.25, -0.2) is 0 Å². The molecule has 2 saturated carbocycles. The van der Waals surface area contributed by atoms with Crippen molar-refractivity contribution in [3.63, 3.8) is 0 Å². The van der Waals surface area contributed by atoms with Crippen LogP contribution in [0.15, 0.2) is 48.7 Å². The Hall–Kier alpha value is -2.69. The number of carbonyl (C=O) groups excluding carboxylic acids is 2. The van der Waals surface area contributed by atoms with Gasteiger partial charge in [-0.15, -0.1) is 0 Å². The van der Waals surface area contributed by atoms with E-state index >= 15 is 0 Å². The first kappa shape index (κ1) is 20.2. The van der Waals surface area contributed by atoms with E-state index < -0.39 is 5.54 Å². The predicted molar refractivity (Wildman–Crippen MR) is 120 cm³/mol. The third-order valence-electron chi connectivity index (χ3n) is 7.58. The number of benzene rings is 1. The van der Waals surface area contributed by atoms with Crippen LogP contribution in [-0.2, 0) is 11.3 Å². The normalized spacial score (nSPS) is 23.0. The number of pyridine rings is 1. The van der Waals surface area contributed by atoms with E-state index in [1.54, 1.807) is 6.20 Å². The lowest BCUT2D eigenvalue weighted by molar-refractivity contribution is -0.127. The van der Waals surface area contributed by atoms with Crippen LogP contribution in [0.5, 0.6) is 0 Å². The number of fused-ring (bicyclic) bond motifs is 1. The zero-order valence-corrected chi connectivity index (χ0v) is 18.1. The number of hydrogen-bond donors (Lipinski definition) is 1. The van der Waals surface area contributed by atoms with Crippen LogP contribution < -0.4 is 5.32 Å². The highest BCUT2D eigenvalue weighted by Gasteiger charge is 2.57. The summed E-state index contributed by atoms with van der Waals surface area (Å²) in [6, 6.07) is 13.8. The molecule has 0 saturated heterocycles. The van der Waals surface area contributed by atoms with E-state index in [4.69, 9.17) is 0 Å². The largest absolute Gasteiger partial charge is 0.350 e. The van der Waals surface area contributed by atoms with E-state index in [1.165, 1.54) is 19.3 Å². The van der Waals surface area contributed by atoms with Gasteiger partial charge in [0, 0.05) is 17.8 Å². The molecule has 0 bridgehead atoms. The van der Waals surface area contributed by atoms with Gasteiger partial charge < -0.3 is 10.2 Å². The van der Waals surface area contributed by atoms with Crippen LogP contribution in [0.4, 0.5) is 0 Å². The van der Waals surface area contributed by atoms with Gasteiger partial charge in [0.15, 0.2) is 0 Å². The third-order valence-corrected chi connectivity index (χ3v) is 7.58. The van der Waals surface area contributed by atoms with Crippen molar-refractivity contribution in [2.45, 2.75) is 81.8 Å². The minimum Gasteiger partial charge on any atom is -0.350 e. The molecule has 5 nitrogen and oxygen atoms in total. The van der Waals surface area contributed by atoms with Gasteiger partial charge in [-0.2, -0.15) is 0 Å². The molecule has 0 radical (unpaired) electrons. The Morgan fingerprint density at radius 1 is 1.00 bits per heavy atom. The fourth-order valence-electron chi connectivity index (χ4n) is 6.26. The van der Waals surface area contributed by atoms with Crippen molar-refractivity contribution >= 4 is 11.8 Å². The minimum absolute atomic E-state index is 0.0216. The lowest BCUT2D eigenvalue weighted by Gasteiger charge is -2.53. The van der Waals surface area contributed by atoms with Crippen molar-refractivity contribution in [2.24, 2.45) is 0 Å². The van der Waals surface area contributed by atoms with E-state index in [2.05, 4.69) is 15.2 Å². The summed E-state index contributed by atoms with van der Waals surface area (Å²) in [6.45, 7) is 0.409. The Labute approximate surface area is 184 Å². The molecule has 2 amide bonds. The summed E-state index contributed by atoms with van der Waals surface area (Å²) in [5.74, 6) is -0.166.